The largest absolute Gasteiger partial charge is 1.00 e. The summed E-state index contributed by atoms with van der Waals surface area (Å²) in [7, 11) is 0. The second-order valence-corrected chi connectivity index (χ2v) is 12.5. The number of aryl methyl sites for hydroxylation is 2. The van der Waals surface area contributed by atoms with Crippen molar-refractivity contribution in [2.75, 3.05) is 0 Å². The first-order valence-corrected chi connectivity index (χ1v) is 11.2. The van der Waals surface area contributed by atoms with Gasteiger partial charge in [-0.15, -0.1) is 0 Å². The Balaban J connectivity index is 0.000000784. The van der Waals surface area contributed by atoms with E-state index in [1.54, 1.807) is 22.3 Å². The van der Waals surface area contributed by atoms with Gasteiger partial charge >= 0.3 is 149 Å². The molecular formula is C22H18Cl2Zr. The van der Waals surface area contributed by atoms with Crippen LogP contribution in [0.25, 0.3) is 12.2 Å². The third kappa shape index (κ3) is 2.22. The first-order chi connectivity index (χ1) is 11.3. The zero-order chi connectivity index (χ0) is 15.1. The molecule has 0 radical (unpaired) electrons. The standard InChI is InChI=1S/C22H18.2ClH.Zr/c1-3-15-7-8-16-4-2-6-18-10-12-20(22(16)18)14-13-19-11-9-17(5-1)21(15)19;;;/h1-6,9-12H,7-8,13-14H2;2*1H;/q;;;+2/p-2. The number of rotatable bonds is 0. The molecule has 6 rings (SSSR count). The minimum atomic E-state index is -0.664. The van der Waals surface area contributed by atoms with Gasteiger partial charge in [-0.25, -0.2) is 0 Å². The van der Waals surface area contributed by atoms with E-state index in [1.165, 1.54) is 36.8 Å². The van der Waals surface area contributed by atoms with E-state index in [2.05, 4.69) is 60.7 Å². The third-order valence-electron chi connectivity index (χ3n) is 6.38. The van der Waals surface area contributed by atoms with Crippen LogP contribution < -0.4 is 24.8 Å². The second-order valence-electron chi connectivity index (χ2n) is 7.50. The summed E-state index contributed by atoms with van der Waals surface area (Å²) in [5, 5.41) is 0. The molecule has 2 atom stereocenters. The predicted molar refractivity (Wildman–Crippen MR) is 91.0 cm³/mol. The average Bonchev–Trinajstić information content (AvgIpc) is 3.25. The fourth-order valence-electron chi connectivity index (χ4n) is 5.47. The van der Waals surface area contributed by atoms with E-state index in [4.69, 9.17) is 0 Å². The van der Waals surface area contributed by atoms with E-state index in [1.807, 2.05) is 0 Å². The fraction of sp³-hybridized carbons (Fsp3) is 0.273. The van der Waals surface area contributed by atoms with E-state index in [0.717, 1.165) is 0 Å². The van der Waals surface area contributed by atoms with Crippen molar-refractivity contribution >= 4 is 12.2 Å². The van der Waals surface area contributed by atoms with Gasteiger partial charge in [-0.05, 0) is 0 Å². The monoisotopic (exact) mass is 442 g/mol. The van der Waals surface area contributed by atoms with Crippen LogP contribution in [0, 0.1) is 0 Å². The van der Waals surface area contributed by atoms with E-state index in [9.17, 15) is 0 Å². The molecule has 2 spiro atoms. The smallest absolute Gasteiger partial charge is 1.00 e. The van der Waals surface area contributed by atoms with Crippen LogP contribution in [0.15, 0.2) is 48.6 Å². The number of allylic oxidation sites excluding steroid dienone is 2. The van der Waals surface area contributed by atoms with E-state index >= 15 is 0 Å². The summed E-state index contributed by atoms with van der Waals surface area (Å²) in [6.45, 7) is 0. The molecule has 0 saturated carbocycles. The number of benzene rings is 2. The first kappa shape index (κ1) is 17.8. The molecule has 2 aromatic rings. The topological polar surface area (TPSA) is 0 Å². The van der Waals surface area contributed by atoms with Crippen molar-refractivity contribution in [2.24, 2.45) is 0 Å². The maximum Gasteiger partial charge on any atom is -1.00 e. The summed E-state index contributed by atoms with van der Waals surface area (Å²) in [4.78, 5) is 0. The van der Waals surface area contributed by atoms with Gasteiger partial charge in [0.15, 0.2) is 0 Å². The molecule has 3 heteroatoms. The van der Waals surface area contributed by atoms with Crippen LogP contribution in [-0.4, -0.2) is 0 Å². The van der Waals surface area contributed by atoms with Crippen LogP contribution in [0.2, 0.25) is 0 Å². The maximum absolute atomic E-state index is 2.61. The molecule has 2 heterocycles. The molecule has 2 aliphatic heterocycles. The van der Waals surface area contributed by atoms with Gasteiger partial charge in [-0.1, -0.05) is 0 Å². The van der Waals surface area contributed by atoms with Crippen LogP contribution in [0.5, 0.6) is 0 Å². The Labute approximate surface area is 173 Å². The molecule has 25 heavy (non-hydrogen) atoms. The van der Waals surface area contributed by atoms with Crippen LogP contribution in [0.4, 0.5) is 0 Å². The summed E-state index contributed by atoms with van der Waals surface area (Å²) in [5.41, 5.74) is 9.78. The molecule has 0 amide bonds. The molecule has 2 aromatic carbocycles. The Kier molecular flexibility index (Phi) is 4.23. The average molecular weight is 445 g/mol. The summed E-state index contributed by atoms with van der Waals surface area (Å²) in [6.07, 6.45) is 15.3. The minimum Gasteiger partial charge on any atom is -1.00 e. The van der Waals surface area contributed by atoms with Crippen molar-refractivity contribution in [1.82, 2.24) is 0 Å². The number of hydrogen-bond donors (Lipinski definition) is 0. The van der Waals surface area contributed by atoms with Crippen molar-refractivity contribution < 1.29 is 48.0 Å². The molecule has 2 unspecified atom stereocenters. The SMILES string of the molecule is C1=C[C]23CC[C]4(C=Cc5cccc(c54)CCc4cccc1c42)[Zr+2]3.[Cl-].[Cl-]. The number of halogens is 2. The molecule has 124 valence electrons. The Hall–Kier alpha value is -0.617. The van der Waals surface area contributed by atoms with Crippen molar-refractivity contribution in [3.05, 3.63) is 81.9 Å². The van der Waals surface area contributed by atoms with Crippen LogP contribution >= 0.6 is 0 Å². The maximum atomic E-state index is 2.61. The van der Waals surface area contributed by atoms with Crippen LogP contribution in [0.1, 0.15) is 46.2 Å². The van der Waals surface area contributed by atoms with Crippen molar-refractivity contribution in [2.45, 2.75) is 31.9 Å². The molecule has 0 aromatic heterocycles. The summed E-state index contributed by atoms with van der Waals surface area (Å²) in [5.74, 6) is 0. The predicted octanol–water partition coefficient (Wildman–Crippen LogP) is -1.19. The Morgan fingerprint density at radius 3 is 1.64 bits per heavy atom. The minimum absolute atomic E-state index is 0. The molecule has 0 N–H and O–H groups in total. The van der Waals surface area contributed by atoms with Crippen LogP contribution in [0.3, 0.4) is 0 Å². The fourth-order valence-corrected chi connectivity index (χ4v) is 11.6. The van der Waals surface area contributed by atoms with E-state index in [0.29, 0.717) is 6.25 Å². The molecule has 2 aliphatic carbocycles. The third-order valence-corrected chi connectivity index (χ3v) is 11.8. The quantitative estimate of drug-likeness (QED) is 0.480. The second kappa shape index (κ2) is 5.95. The molecule has 1 saturated heterocycles. The van der Waals surface area contributed by atoms with Gasteiger partial charge in [0.05, 0.1) is 0 Å². The molecule has 1 fully saturated rings. The molecular weight excluding hydrogens is 426 g/mol. The van der Waals surface area contributed by atoms with Crippen LogP contribution in [-0.2, 0) is 42.3 Å². The van der Waals surface area contributed by atoms with Gasteiger partial charge < -0.3 is 24.8 Å². The van der Waals surface area contributed by atoms with E-state index < -0.39 is 23.2 Å². The zero-order valence-electron chi connectivity index (χ0n) is 13.9. The summed E-state index contributed by atoms with van der Waals surface area (Å²) >= 11 is -0.664. The Bertz CT molecular complexity index is 854. The van der Waals surface area contributed by atoms with Crippen molar-refractivity contribution in [3.8, 4) is 0 Å². The van der Waals surface area contributed by atoms with Crippen molar-refractivity contribution in [1.29, 1.82) is 0 Å². The zero-order valence-corrected chi connectivity index (χ0v) is 17.8. The van der Waals surface area contributed by atoms with Gasteiger partial charge in [0.25, 0.3) is 0 Å². The molecule has 4 aliphatic rings. The molecule has 2 bridgehead atoms. The summed E-state index contributed by atoms with van der Waals surface area (Å²) < 4.78 is 0.914. The summed E-state index contributed by atoms with van der Waals surface area (Å²) in [6, 6.07) is 14.0. The molecule has 0 nitrogen and oxygen atoms in total. The van der Waals surface area contributed by atoms with Gasteiger partial charge in [0, 0.05) is 0 Å². The van der Waals surface area contributed by atoms with Gasteiger partial charge in [-0.2, -0.15) is 0 Å². The van der Waals surface area contributed by atoms with Gasteiger partial charge in [-0.3, -0.25) is 0 Å². The number of hydrogen-bond acceptors (Lipinski definition) is 0. The van der Waals surface area contributed by atoms with E-state index in [-0.39, 0.29) is 24.8 Å². The van der Waals surface area contributed by atoms with Crippen molar-refractivity contribution in [3.63, 3.8) is 0 Å². The van der Waals surface area contributed by atoms with Gasteiger partial charge in [0.2, 0.25) is 0 Å². The Morgan fingerprint density at radius 1 is 0.680 bits per heavy atom. The first-order valence-electron chi connectivity index (χ1n) is 8.72. The Morgan fingerprint density at radius 2 is 1.16 bits per heavy atom. The normalized spacial score (nSPS) is 28.3. The van der Waals surface area contributed by atoms with Gasteiger partial charge in [0.1, 0.15) is 0 Å².